The van der Waals surface area contributed by atoms with Crippen LogP contribution in [0, 0.1) is 0 Å². The molecule has 0 amide bonds. The Morgan fingerprint density at radius 1 is 1.37 bits per heavy atom. The average Bonchev–Trinajstić information content (AvgIpc) is 2.62. The molecule has 1 fully saturated rings. The predicted octanol–water partition coefficient (Wildman–Crippen LogP) is 2.82. The number of ether oxygens (including phenoxy) is 1. The second kappa shape index (κ2) is 6.05. The van der Waals surface area contributed by atoms with Gasteiger partial charge in [-0.1, -0.05) is 25.7 Å². The van der Waals surface area contributed by atoms with Crippen molar-refractivity contribution in [2.75, 3.05) is 6.61 Å². The molecule has 0 atom stereocenters. The molecule has 2 rings (SSSR count). The number of aromatic hydroxyl groups is 1. The van der Waals surface area contributed by atoms with E-state index < -0.39 is 5.60 Å². The number of aromatic amines is 1. The Balaban J connectivity index is 2.45. The molecule has 0 aromatic carbocycles. The normalized spacial score (nSPS) is 19.1. The van der Waals surface area contributed by atoms with E-state index in [9.17, 15) is 9.90 Å². The molecule has 0 spiro atoms. The molecule has 0 aliphatic heterocycles. The molecule has 0 radical (unpaired) electrons. The minimum Gasteiger partial charge on any atom is -0.492 e. The summed E-state index contributed by atoms with van der Waals surface area (Å²) < 4.78 is 5.99. The van der Waals surface area contributed by atoms with Gasteiger partial charge < -0.3 is 14.8 Å². The molecule has 19 heavy (non-hydrogen) atoms. The van der Waals surface area contributed by atoms with Gasteiger partial charge in [-0.05, 0) is 35.7 Å². The second-order valence-corrected chi connectivity index (χ2v) is 5.69. The van der Waals surface area contributed by atoms with E-state index in [1.165, 1.54) is 12.8 Å². The third-order valence-corrected chi connectivity index (χ3v) is 4.32. The number of hydrogen-bond acceptors (Lipinski definition) is 4. The number of aromatic nitrogens is 2. The Hall–Kier alpha value is -0.880. The molecular weight excluding hydrogens is 312 g/mol. The summed E-state index contributed by atoms with van der Waals surface area (Å²) in [5.41, 5.74) is -0.936. The molecule has 5 nitrogen and oxygen atoms in total. The molecule has 2 N–H and O–H groups in total. The second-order valence-electron chi connectivity index (χ2n) is 4.89. The Morgan fingerprint density at radius 2 is 2.00 bits per heavy atom. The van der Waals surface area contributed by atoms with E-state index in [1.54, 1.807) is 0 Å². The summed E-state index contributed by atoms with van der Waals surface area (Å²) in [4.78, 5) is 18.6. The Labute approximate surface area is 120 Å². The molecule has 1 aliphatic rings. The molecule has 1 aromatic heterocycles. The predicted molar refractivity (Wildman–Crippen MR) is 75.2 cm³/mol. The number of H-pyrrole nitrogens is 1. The molecule has 1 heterocycles. The van der Waals surface area contributed by atoms with Crippen LogP contribution in [0.15, 0.2) is 9.27 Å². The first-order chi connectivity index (χ1) is 9.09. The largest absolute Gasteiger partial charge is 0.492 e. The van der Waals surface area contributed by atoms with E-state index in [1.807, 2.05) is 6.92 Å². The third kappa shape index (κ3) is 3.00. The highest BCUT2D eigenvalue weighted by Gasteiger charge is 2.36. The lowest BCUT2D eigenvalue weighted by Crippen LogP contribution is -2.34. The van der Waals surface area contributed by atoms with E-state index in [0.717, 1.165) is 25.7 Å². The Morgan fingerprint density at radius 3 is 2.53 bits per heavy atom. The van der Waals surface area contributed by atoms with Crippen molar-refractivity contribution >= 4 is 15.9 Å². The molecule has 0 bridgehead atoms. The van der Waals surface area contributed by atoms with E-state index in [4.69, 9.17) is 4.74 Å². The van der Waals surface area contributed by atoms with Gasteiger partial charge in [0.2, 0.25) is 5.88 Å². The minimum atomic E-state index is -0.567. The molecule has 1 aliphatic carbocycles. The van der Waals surface area contributed by atoms with Crippen molar-refractivity contribution < 1.29 is 9.84 Å². The molecular formula is C13H19BrN2O3. The van der Waals surface area contributed by atoms with E-state index in [0.29, 0.717) is 12.4 Å². The summed E-state index contributed by atoms with van der Waals surface area (Å²) in [6.45, 7) is 2.49. The van der Waals surface area contributed by atoms with Crippen molar-refractivity contribution in [2.45, 2.75) is 51.0 Å². The van der Waals surface area contributed by atoms with Gasteiger partial charge in [0.05, 0.1) is 0 Å². The standard InChI is InChI=1S/C13H19BrN2O3/c1-2-19-13(7-5-3-4-6-8-13)12-15-10(17)9(14)11(18)16-12/h2-8H2,1H3,(H2,15,16,17,18). The zero-order valence-corrected chi connectivity index (χ0v) is 12.6. The van der Waals surface area contributed by atoms with Gasteiger partial charge in [0.1, 0.15) is 15.9 Å². The Bertz CT molecular complexity index is 493. The maximum atomic E-state index is 11.8. The van der Waals surface area contributed by atoms with Gasteiger partial charge in [-0.15, -0.1) is 0 Å². The van der Waals surface area contributed by atoms with Gasteiger partial charge in [0.25, 0.3) is 5.56 Å². The smallest absolute Gasteiger partial charge is 0.269 e. The van der Waals surface area contributed by atoms with Crippen LogP contribution in [0.3, 0.4) is 0 Å². The zero-order valence-electron chi connectivity index (χ0n) is 11.0. The fraction of sp³-hybridized carbons (Fsp3) is 0.692. The first-order valence-electron chi connectivity index (χ1n) is 6.72. The SMILES string of the molecule is CCOC1(c2nc(O)c(Br)c(=O)[nH]2)CCCCCC1. The van der Waals surface area contributed by atoms with Crippen molar-refractivity contribution in [3.8, 4) is 5.88 Å². The zero-order chi connectivity index (χ0) is 13.9. The maximum Gasteiger partial charge on any atom is 0.269 e. The van der Waals surface area contributed by atoms with Crippen molar-refractivity contribution in [3.63, 3.8) is 0 Å². The first kappa shape index (κ1) is 14.5. The van der Waals surface area contributed by atoms with Crippen molar-refractivity contribution in [1.29, 1.82) is 0 Å². The number of halogens is 1. The van der Waals surface area contributed by atoms with E-state index in [-0.39, 0.29) is 15.9 Å². The number of nitrogens with one attached hydrogen (secondary N) is 1. The lowest BCUT2D eigenvalue weighted by Gasteiger charge is -2.31. The highest BCUT2D eigenvalue weighted by molar-refractivity contribution is 9.10. The number of hydrogen-bond donors (Lipinski definition) is 2. The highest BCUT2D eigenvalue weighted by Crippen LogP contribution is 2.38. The monoisotopic (exact) mass is 330 g/mol. The summed E-state index contributed by atoms with van der Waals surface area (Å²) in [7, 11) is 0. The number of nitrogens with zero attached hydrogens (tertiary/aromatic N) is 1. The number of rotatable bonds is 3. The van der Waals surface area contributed by atoms with E-state index >= 15 is 0 Å². The summed E-state index contributed by atoms with van der Waals surface area (Å²) in [5, 5.41) is 9.73. The molecule has 106 valence electrons. The van der Waals surface area contributed by atoms with Gasteiger partial charge in [-0.3, -0.25) is 4.79 Å². The molecule has 1 saturated carbocycles. The fourth-order valence-corrected chi connectivity index (χ4v) is 2.88. The topological polar surface area (TPSA) is 75.2 Å². The van der Waals surface area contributed by atoms with Crippen molar-refractivity contribution in [2.24, 2.45) is 0 Å². The van der Waals surface area contributed by atoms with Crippen LogP contribution in [0.1, 0.15) is 51.3 Å². The maximum absolute atomic E-state index is 11.8. The van der Waals surface area contributed by atoms with Gasteiger partial charge >= 0.3 is 0 Å². The van der Waals surface area contributed by atoms with Crippen molar-refractivity contribution in [3.05, 3.63) is 20.7 Å². The highest BCUT2D eigenvalue weighted by atomic mass is 79.9. The van der Waals surface area contributed by atoms with Crippen LogP contribution in [-0.2, 0) is 10.3 Å². The van der Waals surface area contributed by atoms with Crippen LogP contribution < -0.4 is 5.56 Å². The minimum absolute atomic E-state index is 0.0662. The summed E-state index contributed by atoms with van der Waals surface area (Å²) in [6.07, 6.45) is 6.07. The molecule has 1 aromatic rings. The van der Waals surface area contributed by atoms with Crippen LogP contribution in [0.25, 0.3) is 0 Å². The van der Waals surface area contributed by atoms with Crippen LogP contribution >= 0.6 is 15.9 Å². The molecule has 0 saturated heterocycles. The van der Waals surface area contributed by atoms with Crippen LogP contribution in [0.4, 0.5) is 0 Å². The van der Waals surface area contributed by atoms with Gasteiger partial charge in [0.15, 0.2) is 0 Å². The quantitative estimate of drug-likeness (QED) is 0.835. The van der Waals surface area contributed by atoms with Gasteiger partial charge in [0, 0.05) is 6.61 Å². The first-order valence-corrected chi connectivity index (χ1v) is 7.51. The lowest BCUT2D eigenvalue weighted by molar-refractivity contribution is -0.0629. The fourth-order valence-electron chi connectivity index (χ4n) is 2.69. The summed E-state index contributed by atoms with van der Waals surface area (Å²) in [6, 6.07) is 0. The molecule has 6 heteroatoms. The van der Waals surface area contributed by atoms with Crippen LogP contribution in [-0.4, -0.2) is 21.7 Å². The average molecular weight is 331 g/mol. The van der Waals surface area contributed by atoms with Gasteiger partial charge in [-0.2, -0.15) is 4.98 Å². The van der Waals surface area contributed by atoms with Crippen LogP contribution in [0.2, 0.25) is 0 Å². The summed E-state index contributed by atoms with van der Waals surface area (Å²) in [5.74, 6) is 0.170. The summed E-state index contributed by atoms with van der Waals surface area (Å²) >= 11 is 3.01. The third-order valence-electron chi connectivity index (χ3n) is 3.61. The lowest BCUT2D eigenvalue weighted by atomic mass is 9.93. The van der Waals surface area contributed by atoms with E-state index in [2.05, 4.69) is 25.9 Å². The van der Waals surface area contributed by atoms with Crippen LogP contribution in [0.5, 0.6) is 5.88 Å². The van der Waals surface area contributed by atoms with Crippen molar-refractivity contribution in [1.82, 2.24) is 9.97 Å². The Kier molecular flexibility index (Phi) is 4.62. The van der Waals surface area contributed by atoms with Gasteiger partial charge in [-0.25, -0.2) is 0 Å². The molecule has 0 unspecified atom stereocenters.